The Morgan fingerprint density at radius 1 is 1.18 bits per heavy atom. The number of hydrogen-bond acceptors (Lipinski definition) is 0. The zero-order valence-corrected chi connectivity index (χ0v) is 9.32. The van der Waals surface area contributed by atoms with Gasteiger partial charge in [0.05, 0.1) is 8.07 Å². The van der Waals surface area contributed by atoms with Gasteiger partial charge >= 0.3 is 0 Å². The van der Waals surface area contributed by atoms with Gasteiger partial charge in [-0.15, -0.1) is 0 Å². The molecule has 0 aromatic rings. The van der Waals surface area contributed by atoms with E-state index in [0.29, 0.717) is 0 Å². The molecule has 0 saturated heterocycles. The molecule has 11 heavy (non-hydrogen) atoms. The predicted molar refractivity (Wildman–Crippen MR) is 54.8 cm³/mol. The third-order valence-electron chi connectivity index (χ3n) is 3.35. The summed E-state index contributed by atoms with van der Waals surface area (Å²) in [5.74, 6) is 0. The molecular weight excluding hydrogens is 148 g/mol. The summed E-state index contributed by atoms with van der Waals surface area (Å²) in [4.78, 5) is 0. The molecule has 1 rings (SSSR count). The molecule has 0 N–H and O–H groups in total. The largest absolute Gasteiger partial charge is 0.0691 e. The maximum absolute atomic E-state index is 2.59. The lowest BCUT2D eigenvalue weighted by molar-refractivity contribution is 0.818. The summed E-state index contributed by atoms with van der Waals surface area (Å²) in [5.41, 5.74) is 1.17. The van der Waals surface area contributed by atoms with Crippen molar-refractivity contribution >= 4 is 8.07 Å². The molecule has 1 heteroatoms. The Labute approximate surface area is 72.4 Å². The minimum atomic E-state index is -0.770. The molecule has 1 aliphatic rings. The Balaban J connectivity index is 2.41. The Hall–Kier alpha value is 0.217. The van der Waals surface area contributed by atoms with E-state index in [9.17, 15) is 0 Å². The van der Waals surface area contributed by atoms with E-state index in [1.54, 1.807) is 18.9 Å². The van der Waals surface area contributed by atoms with Gasteiger partial charge in [0.1, 0.15) is 0 Å². The van der Waals surface area contributed by atoms with Crippen LogP contribution in [0.4, 0.5) is 0 Å². The summed E-state index contributed by atoms with van der Waals surface area (Å²) in [6, 6.07) is 1.55. The average molecular weight is 170 g/mol. The molecule has 1 fully saturated rings. The van der Waals surface area contributed by atoms with E-state index in [1.165, 1.54) is 24.8 Å². The van der Waals surface area contributed by atoms with Crippen LogP contribution in [-0.4, -0.2) is 8.07 Å². The quantitative estimate of drug-likeness (QED) is 0.561. The predicted octanol–water partition coefficient (Wildman–Crippen LogP) is 4.05. The van der Waals surface area contributed by atoms with Crippen LogP contribution in [-0.2, 0) is 0 Å². The molecule has 0 amide bonds. The average Bonchev–Trinajstić information content (AvgIpc) is 2.37. The van der Waals surface area contributed by atoms with Crippen molar-refractivity contribution in [2.75, 3.05) is 0 Å². The van der Waals surface area contributed by atoms with E-state index in [2.05, 4.69) is 20.0 Å². The van der Waals surface area contributed by atoms with Crippen LogP contribution in [0.15, 0.2) is 0 Å². The van der Waals surface area contributed by atoms with Crippen LogP contribution in [0.2, 0.25) is 24.7 Å². The highest BCUT2D eigenvalue weighted by atomic mass is 28.3. The Kier molecular flexibility index (Phi) is 3.17. The molecule has 1 saturated carbocycles. The van der Waals surface area contributed by atoms with Gasteiger partial charge in [0.25, 0.3) is 0 Å². The van der Waals surface area contributed by atoms with Crippen molar-refractivity contribution in [2.45, 2.75) is 63.7 Å². The van der Waals surface area contributed by atoms with Gasteiger partial charge in [-0.05, 0) is 5.54 Å². The first-order valence-corrected chi connectivity index (χ1v) is 8.45. The Morgan fingerprint density at radius 3 is 2.18 bits per heavy atom. The van der Waals surface area contributed by atoms with Gasteiger partial charge < -0.3 is 0 Å². The first-order chi connectivity index (χ1) is 5.17. The molecule has 66 valence electrons. The van der Waals surface area contributed by atoms with Crippen LogP contribution in [0.25, 0.3) is 0 Å². The van der Waals surface area contributed by atoms with Crippen molar-refractivity contribution in [3.63, 3.8) is 0 Å². The van der Waals surface area contributed by atoms with Gasteiger partial charge in [0, 0.05) is 0 Å². The standard InChI is InChI=1S/C10H22Si/c1-4-9-11(2,3)10-7-5-6-8-10/h10H,4-9H2,1-3H3. The molecule has 1 aliphatic carbocycles. The van der Waals surface area contributed by atoms with Gasteiger partial charge in [-0.2, -0.15) is 0 Å². The first-order valence-electron chi connectivity index (χ1n) is 5.17. The van der Waals surface area contributed by atoms with Gasteiger partial charge in [-0.25, -0.2) is 0 Å². The van der Waals surface area contributed by atoms with Crippen LogP contribution in [0, 0.1) is 0 Å². The molecule has 0 bridgehead atoms. The molecule has 0 spiro atoms. The van der Waals surface area contributed by atoms with Gasteiger partial charge in [0.2, 0.25) is 0 Å². The highest BCUT2D eigenvalue weighted by Crippen LogP contribution is 2.40. The van der Waals surface area contributed by atoms with Crippen LogP contribution >= 0.6 is 0 Å². The summed E-state index contributed by atoms with van der Waals surface area (Å²) in [6.07, 6.45) is 7.56. The molecular formula is C10H22Si. The van der Waals surface area contributed by atoms with Gasteiger partial charge in [-0.3, -0.25) is 0 Å². The van der Waals surface area contributed by atoms with Crippen molar-refractivity contribution in [1.82, 2.24) is 0 Å². The van der Waals surface area contributed by atoms with Crippen molar-refractivity contribution in [3.05, 3.63) is 0 Å². The fourth-order valence-electron chi connectivity index (χ4n) is 2.56. The molecule has 0 unspecified atom stereocenters. The lowest BCUT2D eigenvalue weighted by atomic mass is 10.4. The highest BCUT2D eigenvalue weighted by Gasteiger charge is 2.32. The van der Waals surface area contributed by atoms with E-state index in [1.807, 2.05) is 0 Å². The molecule has 0 aromatic heterocycles. The fraction of sp³-hybridized carbons (Fsp3) is 1.00. The third-order valence-corrected chi connectivity index (χ3v) is 7.93. The molecule has 0 heterocycles. The highest BCUT2D eigenvalue weighted by molar-refractivity contribution is 6.78. The molecule has 0 atom stereocenters. The molecule has 0 aliphatic heterocycles. The smallest absolute Gasteiger partial charge is 0.0504 e. The second-order valence-electron chi connectivity index (χ2n) is 4.72. The van der Waals surface area contributed by atoms with Gasteiger partial charge in [0.15, 0.2) is 0 Å². The second kappa shape index (κ2) is 3.75. The summed E-state index contributed by atoms with van der Waals surface area (Å²) < 4.78 is 0. The van der Waals surface area contributed by atoms with E-state index in [-0.39, 0.29) is 0 Å². The normalized spacial score (nSPS) is 21.0. The van der Waals surface area contributed by atoms with Crippen molar-refractivity contribution in [2.24, 2.45) is 0 Å². The Bertz CT molecular complexity index is 112. The van der Waals surface area contributed by atoms with Crippen LogP contribution in [0.5, 0.6) is 0 Å². The molecule has 0 aromatic carbocycles. The topological polar surface area (TPSA) is 0 Å². The summed E-state index contributed by atoms with van der Waals surface area (Å²) >= 11 is 0. The molecule has 0 radical (unpaired) electrons. The lowest BCUT2D eigenvalue weighted by Gasteiger charge is -2.28. The first kappa shape index (κ1) is 9.31. The monoisotopic (exact) mass is 170 g/mol. The summed E-state index contributed by atoms with van der Waals surface area (Å²) in [7, 11) is -0.770. The number of rotatable bonds is 3. The fourth-order valence-corrected chi connectivity index (χ4v) is 6.22. The number of hydrogen-bond donors (Lipinski definition) is 0. The summed E-state index contributed by atoms with van der Waals surface area (Å²) in [6.45, 7) is 7.52. The Morgan fingerprint density at radius 2 is 1.73 bits per heavy atom. The van der Waals surface area contributed by atoms with Crippen molar-refractivity contribution in [1.29, 1.82) is 0 Å². The molecule has 0 nitrogen and oxygen atoms in total. The van der Waals surface area contributed by atoms with Crippen LogP contribution in [0.3, 0.4) is 0 Å². The van der Waals surface area contributed by atoms with E-state index >= 15 is 0 Å². The zero-order chi connectivity index (χ0) is 8.32. The van der Waals surface area contributed by atoms with Crippen LogP contribution < -0.4 is 0 Å². The van der Waals surface area contributed by atoms with E-state index < -0.39 is 8.07 Å². The van der Waals surface area contributed by atoms with E-state index in [4.69, 9.17) is 0 Å². The lowest BCUT2D eigenvalue weighted by Crippen LogP contribution is -2.30. The maximum atomic E-state index is 2.59. The van der Waals surface area contributed by atoms with Gasteiger partial charge in [-0.1, -0.05) is 58.2 Å². The second-order valence-corrected chi connectivity index (χ2v) is 10.0. The minimum Gasteiger partial charge on any atom is -0.0691 e. The van der Waals surface area contributed by atoms with Crippen LogP contribution in [0.1, 0.15) is 39.0 Å². The third kappa shape index (κ3) is 2.33. The minimum absolute atomic E-state index is 0.770. The SMILES string of the molecule is CCC[Si](C)(C)C1CCCC1. The van der Waals surface area contributed by atoms with E-state index in [0.717, 1.165) is 0 Å². The maximum Gasteiger partial charge on any atom is 0.0504 e. The van der Waals surface area contributed by atoms with Crippen molar-refractivity contribution in [3.8, 4) is 0 Å². The summed E-state index contributed by atoms with van der Waals surface area (Å²) in [5, 5.41) is 0. The zero-order valence-electron chi connectivity index (χ0n) is 8.32. The van der Waals surface area contributed by atoms with Crippen molar-refractivity contribution < 1.29 is 0 Å².